The molecule has 0 bridgehead atoms. The summed E-state index contributed by atoms with van der Waals surface area (Å²) in [5.41, 5.74) is 11.1. The Labute approximate surface area is 98.0 Å². The van der Waals surface area contributed by atoms with Gasteiger partial charge in [-0.1, -0.05) is 0 Å². The topological polar surface area (TPSA) is 91.2 Å². The van der Waals surface area contributed by atoms with Gasteiger partial charge >= 0.3 is 0 Å². The summed E-state index contributed by atoms with van der Waals surface area (Å²) >= 11 is 0. The van der Waals surface area contributed by atoms with E-state index < -0.39 is 5.91 Å². The Morgan fingerprint density at radius 3 is 2.41 bits per heavy atom. The van der Waals surface area contributed by atoms with Crippen LogP contribution in [0.25, 0.3) is 0 Å². The van der Waals surface area contributed by atoms with Gasteiger partial charge in [-0.15, -0.1) is 0 Å². The van der Waals surface area contributed by atoms with Crippen LogP contribution in [0.2, 0.25) is 0 Å². The van der Waals surface area contributed by atoms with Gasteiger partial charge in [0, 0.05) is 17.8 Å². The third kappa shape index (κ3) is 2.72. The molecule has 2 rings (SSSR count). The molecule has 5 heteroatoms. The number of aromatic nitrogens is 1. The zero-order chi connectivity index (χ0) is 12.3. The van der Waals surface area contributed by atoms with Gasteiger partial charge < -0.3 is 16.2 Å². The number of nitrogens with two attached hydrogens (primary N) is 2. The number of carbonyl (C=O) groups is 1. The van der Waals surface area contributed by atoms with E-state index in [2.05, 4.69) is 4.98 Å². The predicted octanol–water partition coefficient (Wildman–Crippen LogP) is 1.55. The van der Waals surface area contributed by atoms with Gasteiger partial charge in [-0.25, -0.2) is 4.98 Å². The lowest BCUT2D eigenvalue weighted by Crippen LogP contribution is -2.10. The maximum absolute atomic E-state index is 10.9. The van der Waals surface area contributed by atoms with Crippen LogP contribution in [0.5, 0.6) is 11.5 Å². The van der Waals surface area contributed by atoms with Crippen molar-refractivity contribution < 1.29 is 9.53 Å². The maximum Gasteiger partial charge on any atom is 0.248 e. The number of primary amides is 1. The van der Waals surface area contributed by atoms with Crippen LogP contribution in [0.3, 0.4) is 0 Å². The van der Waals surface area contributed by atoms with E-state index in [0.717, 1.165) is 0 Å². The lowest BCUT2D eigenvalue weighted by Gasteiger charge is -2.06. The number of rotatable bonds is 3. The molecule has 0 saturated heterocycles. The minimum Gasteiger partial charge on any atom is -0.457 e. The van der Waals surface area contributed by atoms with Crippen LogP contribution >= 0.6 is 0 Å². The minimum atomic E-state index is -0.468. The highest BCUT2D eigenvalue weighted by Gasteiger charge is 2.01. The number of carbonyl (C=O) groups excluding carboxylic acids is 1. The molecule has 86 valence electrons. The molecule has 0 unspecified atom stereocenters. The summed E-state index contributed by atoms with van der Waals surface area (Å²) < 4.78 is 5.52. The van der Waals surface area contributed by atoms with Crippen molar-refractivity contribution in [3.05, 3.63) is 48.2 Å². The molecule has 2 aromatic rings. The van der Waals surface area contributed by atoms with Crippen molar-refractivity contribution in [2.75, 3.05) is 5.73 Å². The highest BCUT2D eigenvalue weighted by Crippen LogP contribution is 2.22. The summed E-state index contributed by atoms with van der Waals surface area (Å²) in [5, 5.41) is 0. The highest BCUT2D eigenvalue weighted by molar-refractivity contribution is 5.92. The van der Waals surface area contributed by atoms with Crippen molar-refractivity contribution in [1.29, 1.82) is 0 Å². The minimum absolute atomic E-state index is 0.385. The number of anilines is 1. The van der Waals surface area contributed by atoms with Crippen molar-refractivity contribution in [3.8, 4) is 11.5 Å². The largest absolute Gasteiger partial charge is 0.457 e. The monoisotopic (exact) mass is 229 g/mol. The number of amides is 1. The standard InChI is InChI=1S/C12H11N3O2/c13-11-7-10(5-6-15-11)17-9-3-1-8(2-4-9)12(14)16/h1-7H,(H2,13,15)(H2,14,16). The van der Waals surface area contributed by atoms with Crippen molar-refractivity contribution in [3.63, 3.8) is 0 Å². The second-order valence-electron chi connectivity index (χ2n) is 3.41. The second kappa shape index (κ2) is 4.52. The van der Waals surface area contributed by atoms with Gasteiger partial charge in [0.1, 0.15) is 17.3 Å². The average molecular weight is 229 g/mol. The summed E-state index contributed by atoms with van der Waals surface area (Å²) in [6, 6.07) is 9.83. The third-order valence-electron chi connectivity index (χ3n) is 2.13. The Hall–Kier alpha value is -2.56. The van der Waals surface area contributed by atoms with E-state index in [4.69, 9.17) is 16.2 Å². The molecule has 0 aliphatic carbocycles. The molecular formula is C12H11N3O2. The molecule has 0 fully saturated rings. The zero-order valence-corrected chi connectivity index (χ0v) is 8.96. The van der Waals surface area contributed by atoms with Gasteiger partial charge in [-0.3, -0.25) is 4.79 Å². The molecule has 0 radical (unpaired) electrons. The van der Waals surface area contributed by atoms with Crippen molar-refractivity contribution >= 4 is 11.7 Å². The fraction of sp³-hybridized carbons (Fsp3) is 0. The number of hydrogen-bond donors (Lipinski definition) is 2. The van der Waals surface area contributed by atoms with Gasteiger partial charge in [0.25, 0.3) is 0 Å². The number of ether oxygens (including phenoxy) is 1. The quantitative estimate of drug-likeness (QED) is 0.835. The number of nitrogens with zero attached hydrogens (tertiary/aromatic N) is 1. The lowest BCUT2D eigenvalue weighted by molar-refractivity contribution is 0.100. The molecule has 0 aliphatic heterocycles. The Bertz CT molecular complexity index is 538. The number of pyridine rings is 1. The molecule has 4 N–H and O–H groups in total. The van der Waals surface area contributed by atoms with Crippen LogP contribution in [-0.2, 0) is 0 Å². The van der Waals surface area contributed by atoms with E-state index >= 15 is 0 Å². The van der Waals surface area contributed by atoms with Gasteiger partial charge in [0.05, 0.1) is 0 Å². The first-order valence-electron chi connectivity index (χ1n) is 4.94. The van der Waals surface area contributed by atoms with E-state index in [1.807, 2.05) is 0 Å². The van der Waals surface area contributed by atoms with Gasteiger partial charge in [0.15, 0.2) is 0 Å². The first-order valence-corrected chi connectivity index (χ1v) is 4.94. The van der Waals surface area contributed by atoms with Crippen LogP contribution in [0.1, 0.15) is 10.4 Å². The van der Waals surface area contributed by atoms with Crippen LogP contribution in [0.15, 0.2) is 42.6 Å². The molecule has 0 aliphatic rings. The first kappa shape index (κ1) is 10.9. The number of benzene rings is 1. The summed E-state index contributed by atoms with van der Waals surface area (Å²) in [5.74, 6) is 1.10. The van der Waals surface area contributed by atoms with Gasteiger partial charge in [-0.2, -0.15) is 0 Å². The molecule has 0 spiro atoms. The van der Waals surface area contributed by atoms with E-state index in [1.165, 1.54) is 0 Å². The van der Waals surface area contributed by atoms with Crippen molar-refractivity contribution in [1.82, 2.24) is 4.98 Å². The molecule has 5 nitrogen and oxygen atoms in total. The molecule has 0 atom stereocenters. The molecule has 17 heavy (non-hydrogen) atoms. The normalized spacial score (nSPS) is 9.88. The summed E-state index contributed by atoms with van der Waals surface area (Å²) in [6.45, 7) is 0. The molecule has 1 heterocycles. The predicted molar refractivity (Wildman–Crippen MR) is 63.7 cm³/mol. The van der Waals surface area contributed by atoms with Crippen molar-refractivity contribution in [2.45, 2.75) is 0 Å². The van der Waals surface area contributed by atoms with E-state index in [-0.39, 0.29) is 0 Å². The van der Waals surface area contributed by atoms with E-state index in [1.54, 1.807) is 42.6 Å². The zero-order valence-electron chi connectivity index (χ0n) is 8.96. The van der Waals surface area contributed by atoms with E-state index in [9.17, 15) is 4.79 Å². The van der Waals surface area contributed by atoms with E-state index in [0.29, 0.717) is 22.9 Å². The van der Waals surface area contributed by atoms with Gasteiger partial charge in [-0.05, 0) is 30.3 Å². The molecular weight excluding hydrogens is 218 g/mol. The number of hydrogen-bond acceptors (Lipinski definition) is 4. The average Bonchev–Trinajstić information content (AvgIpc) is 2.29. The van der Waals surface area contributed by atoms with Crippen LogP contribution in [0.4, 0.5) is 5.82 Å². The fourth-order valence-corrected chi connectivity index (χ4v) is 1.31. The highest BCUT2D eigenvalue weighted by atomic mass is 16.5. The second-order valence-corrected chi connectivity index (χ2v) is 3.41. The summed E-state index contributed by atoms with van der Waals surface area (Å²) in [4.78, 5) is 14.7. The third-order valence-corrected chi connectivity index (χ3v) is 2.13. The van der Waals surface area contributed by atoms with Crippen LogP contribution in [-0.4, -0.2) is 10.9 Å². The first-order chi connectivity index (χ1) is 8.15. The van der Waals surface area contributed by atoms with Crippen LogP contribution < -0.4 is 16.2 Å². The Kier molecular flexibility index (Phi) is 2.91. The number of nitrogen functional groups attached to an aromatic ring is 1. The Morgan fingerprint density at radius 1 is 1.12 bits per heavy atom. The summed E-state index contributed by atoms with van der Waals surface area (Å²) in [6.07, 6.45) is 1.56. The Morgan fingerprint density at radius 2 is 1.82 bits per heavy atom. The fourth-order valence-electron chi connectivity index (χ4n) is 1.31. The van der Waals surface area contributed by atoms with Crippen LogP contribution in [0, 0.1) is 0 Å². The maximum atomic E-state index is 10.9. The summed E-state index contributed by atoms with van der Waals surface area (Å²) in [7, 11) is 0. The SMILES string of the molecule is NC(=O)c1ccc(Oc2ccnc(N)c2)cc1. The molecule has 1 aromatic carbocycles. The molecule has 1 aromatic heterocycles. The molecule has 0 saturated carbocycles. The lowest BCUT2D eigenvalue weighted by atomic mass is 10.2. The van der Waals surface area contributed by atoms with Gasteiger partial charge in [0.2, 0.25) is 5.91 Å². The van der Waals surface area contributed by atoms with Crippen molar-refractivity contribution in [2.24, 2.45) is 5.73 Å². The molecule has 1 amide bonds. The smallest absolute Gasteiger partial charge is 0.248 e. The Balaban J connectivity index is 2.16.